The van der Waals surface area contributed by atoms with Gasteiger partial charge in [0, 0.05) is 5.56 Å². The zero-order valence-electron chi connectivity index (χ0n) is 25.6. The summed E-state index contributed by atoms with van der Waals surface area (Å²) in [7, 11) is -3.69. The van der Waals surface area contributed by atoms with Gasteiger partial charge in [0.15, 0.2) is 0 Å². The maximum absolute atomic E-state index is 13.8. The van der Waals surface area contributed by atoms with Crippen molar-refractivity contribution in [1.29, 1.82) is 0 Å². The van der Waals surface area contributed by atoms with Crippen LogP contribution in [0.3, 0.4) is 0 Å². The molecule has 0 spiro atoms. The monoisotopic (exact) mass is 634 g/mol. The molecule has 0 amide bonds. The van der Waals surface area contributed by atoms with Crippen LogP contribution >= 0.6 is 0 Å². The minimum atomic E-state index is -3.69. The minimum Gasteiger partial charge on any atom is -0.290 e. The Morgan fingerprint density at radius 2 is 1.10 bits per heavy atom. The fourth-order valence-electron chi connectivity index (χ4n) is 7.62. The van der Waals surface area contributed by atoms with Crippen molar-refractivity contribution in [3.8, 4) is 39.3 Å². The summed E-state index contributed by atoms with van der Waals surface area (Å²) in [5, 5.41) is 7.00. The smallest absolute Gasteiger partial charge is 0.210 e. The number of nitrogens with zero attached hydrogens (tertiary/aromatic N) is 2. The number of benzene rings is 8. The van der Waals surface area contributed by atoms with Crippen molar-refractivity contribution in [2.45, 2.75) is 9.79 Å². The van der Waals surface area contributed by atoms with Gasteiger partial charge in [-0.05, 0) is 91.0 Å². The largest absolute Gasteiger partial charge is 0.290 e. The van der Waals surface area contributed by atoms with Crippen LogP contribution in [0.2, 0.25) is 0 Å². The van der Waals surface area contributed by atoms with Crippen LogP contribution in [0.5, 0.6) is 0 Å². The Hall–Kier alpha value is -6.04. The normalized spacial score (nSPS) is 13.3. The van der Waals surface area contributed by atoms with Crippen LogP contribution in [0.15, 0.2) is 168 Å². The van der Waals surface area contributed by atoms with Gasteiger partial charge in [0.2, 0.25) is 9.84 Å². The lowest BCUT2D eigenvalue weighted by Gasteiger charge is -2.21. The van der Waals surface area contributed by atoms with Crippen molar-refractivity contribution >= 4 is 53.2 Å². The fraction of sp³-hybridized carbons (Fsp3) is 0. The average Bonchev–Trinajstić information content (AvgIpc) is 3.53. The van der Waals surface area contributed by atoms with Gasteiger partial charge in [-0.25, -0.2) is 13.4 Å². The van der Waals surface area contributed by atoms with Gasteiger partial charge in [-0.15, -0.1) is 0 Å². The lowest BCUT2D eigenvalue weighted by atomic mass is 9.85. The molecule has 0 saturated heterocycles. The Balaban J connectivity index is 1.35. The van der Waals surface area contributed by atoms with Gasteiger partial charge < -0.3 is 0 Å². The van der Waals surface area contributed by atoms with Crippen LogP contribution < -0.4 is 0 Å². The summed E-state index contributed by atoms with van der Waals surface area (Å²) in [6, 6.07) is 53.6. The average molecular weight is 635 g/mol. The highest BCUT2D eigenvalue weighted by atomic mass is 32.2. The molecule has 0 unspecified atom stereocenters. The Kier molecular flexibility index (Phi) is 5.64. The summed E-state index contributed by atoms with van der Waals surface area (Å²) in [6.45, 7) is 0. The summed E-state index contributed by atoms with van der Waals surface area (Å²) >= 11 is 0. The molecule has 0 aliphatic carbocycles. The zero-order chi connectivity index (χ0) is 32.0. The molecule has 8 aromatic carbocycles. The van der Waals surface area contributed by atoms with E-state index < -0.39 is 9.84 Å². The van der Waals surface area contributed by atoms with E-state index in [0.717, 1.165) is 33.0 Å². The number of fused-ring (bicyclic) bond motifs is 5. The molecule has 10 rings (SSSR count). The second-order valence-electron chi connectivity index (χ2n) is 12.3. The molecule has 0 fully saturated rings. The molecule has 48 heavy (non-hydrogen) atoms. The molecular weight excluding hydrogens is 609 g/mol. The van der Waals surface area contributed by atoms with E-state index in [1.807, 2.05) is 22.8 Å². The Morgan fingerprint density at radius 3 is 1.94 bits per heavy atom. The number of sulfone groups is 1. The highest BCUT2D eigenvalue weighted by Gasteiger charge is 2.33. The second kappa shape index (κ2) is 9.98. The predicted octanol–water partition coefficient (Wildman–Crippen LogP) is 10.6. The Labute approximate surface area is 277 Å². The number of hydrogen-bond acceptors (Lipinski definition) is 3. The first-order valence-corrected chi connectivity index (χ1v) is 17.5. The first kappa shape index (κ1) is 27.1. The molecule has 9 aromatic rings. The van der Waals surface area contributed by atoms with E-state index in [2.05, 4.69) is 115 Å². The van der Waals surface area contributed by atoms with Crippen molar-refractivity contribution < 1.29 is 8.42 Å². The van der Waals surface area contributed by atoms with Gasteiger partial charge in [-0.2, -0.15) is 0 Å². The van der Waals surface area contributed by atoms with Crippen molar-refractivity contribution in [2.75, 3.05) is 0 Å². The van der Waals surface area contributed by atoms with E-state index in [9.17, 15) is 8.42 Å². The van der Waals surface area contributed by atoms with Gasteiger partial charge >= 0.3 is 0 Å². The molecular formula is C43H26N2O2S. The van der Waals surface area contributed by atoms with Crippen LogP contribution in [0.4, 0.5) is 0 Å². The number of aromatic nitrogens is 2. The van der Waals surface area contributed by atoms with Crippen molar-refractivity contribution in [3.63, 3.8) is 0 Å². The van der Waals surface area contributed by atoms with Gasteiger partial charge in [0.05, 0.1) is 26.5 Å². The highest BCUT2D eigenvalue weighted by molar-refractivity contribution is 7.92. The molecule has 1 aliphatic rings. The third-order valence-electron chi connectivity index (χ3n) is 9.71. The van der Waals surface area contributed by atoms with Crippen molar-refractivity contribution in [3.05, 3.63) is 158 Å². The van der Waals surface area contributed by atoms with Crippen LogP contribution in [0.1, 0.15) is 0 Å². The fourth-order valence-corrected chi connectivity index (χ4v) is 9.25. The molecule has 0 bridgehead atoms. The molecule has 1 aromatic heterocycles. The maximum Gasteiger partial charge on any atom is 0.210 e. The lowest BCUT2D eigenvalue weighted by molar-refractivity contribution is 0.594. The van der Waals surface area contributed by atoms with Crippen LogP contribution in [0, 0.1) is 0 Å². The maximum atomic E-state index is 13.8. The molecule has 0 atom stereocenters. The van der Waals surface area contributed by atoms with E-state index in [-0.39, 0.29) is 4.90 Å². The first-order valence-electron chi connectivity index (χ1n) is 16.0. The standard InChI is InChI=1S/C43H26N2O2S/c46-48(47)38-19-9-8-18-37(38)45-42-36(17-10-20-39(42)48)44-43(45)31-23-24-34-35(26-31)41(30-22-21-27-11-4-5-14-29(27)25-30)33-16-7-6-15-32(33)40(34)28-12-2-1-3-13-28/h1-26H. The summed E-state index contributed by atoms with van der Waals surface area (Å²) in [5.41, 5.74) is 7.43. The summed E-state index contributed by atoms with van der Waals surface area (Å²) < 4.78 is 29.5. The number of rotatable bonds is 3. The summed E-state index contributed by atoms with van der Waals surface area (Å²) in [4.78, 5) is 5.69. The van der Waals surface area contributed by atoms with E-state index in [1.54, 1.807) is 24.3 Å². The van der Waals surface area contributed by atoms with E-state index >= 15 is 0 Å². The van der Waals surface area contributed by atoms with Gasteiger partial charge in [-0.1, -0.05) is 121 Å². The van der Waals surface area contributed by atoms with E-state index in [1.165, 1.54) is 27.1 Å². The second-order valence-corrected chi connectivity index (χ2v) is 14.2. The summed E-state index contributed by atoms with van der Waals surface area (Å²) in [5.74, 6) is 0.709. The SMILES string of the molecule is O=S1(=O)c2ccccc2-n2c(-c3ccc4c(-c5ccccc5)c5ccccc5c(-c5ccc6ccccc6c5)c4c3)nc3cccc1c32. The third kappa shape index (κ3) is 3.76. The van der Waals surface area contributed by atoms with Crippen LogP contribution in [-0.4, -0.2) is 18.0 Å². The Morgan fingerprint density at radius 1 is 0.458 bits per heavy atom. The molecule has 0 radical (unpaired) electrons. The number of hydrogen-bond donors (Lipinski definition) is 0. The van der Waals surface area contributed by atoms with Gasteiger partial charge in [-0.3, -0.25) is 4.57 Å². The van der Waals surface area contributed by atoms with Gasteiger partial charge in [0.1, 0.15) is 5.82 Å². The molecule has 5 heteroatoms. The topological polar surface area (TPSA) is 52.0 Å². The van der Waals surface area contributed by atoms with Crippen molar-refractivity contribution in [2.24, 2.45) is 0 Å². The molecule has 1 aliphatic heterocycles. The van der Waals surface area contributed by atoms with Crippen LogP contribution in [-0.2, 0) is 9.84 Å². The quantitative estimate of drug-likeness (QED) is 0.182. The highest BCUT2D eigenvalue weighted by Crippen LogP contribution is 2.46. The van der Waals surface area contributed by atoms with Crippen LogP contribution in [0.25, 0.3) is 82.7 Å². The molecule has 4 nitrogen and oxygen atoms in total. The zero-order valence-corrected chi connectivity index (χ0v) is 26.4. The first-order chi connectivity index (χ1) is 23.6. The van der Waals surface area contributed by atoms with E-state index in [0.29, 0.717) is 27.4 Å². The molecule has 0 N–H and O–H groups in total. The van der Waals surface area contributed by atoms with E-state index in [4.69, 9.17) is 4.98 Å². The van der Waals surface area contributed by atoms with Crippen molar-refractivity contribution in [1.82, 2.24) is 9.55 Å². The van der Waals surface area contributed by atoms with Gasteiger partial charge in [0.25, 0.3) is 0 Å². The molecule has 226 valence electrons. The molecule has 0 saturated carbocycles. The lowest BCUT2D eigenvalue weighted by Crippen LogP contribution is -2.14. The third-order valence-corrected chi connectivity index (χ3v) is 11.5. The predicted molar refractivity (Wildman–Crippen MR) is 195 cm³/mol. The molecule has 2 heterocycles. The number of imidazole rings is 1. The minimum absolute atomic E-state index is 0.285. The Bertz CT molecular complexity index is 2910. The summed E-state index contributed by atoms with van der Waals surface area (Å²) in [6.07, 6.45) is 0. The number of para-hydroxylation sites is 2.